The Morgan fingerprint density at radius 1 is 1.50 bits per heavy atom. The van der Waals surface area contributed by atoms with Gasteiger partial charge in [-0.25, -0.2) is 9.48 Å². The van der Waals surface area contributed by atoms with Gasteiger partial charge in [0, 0.05) is 17.8 Å². The highest BCUT2D eigenvalue weighted by molar-refractivity contribution is 5.88. The van der Waals surface area contributed by atoms with E-state index in [1.807, 2.05) is 30.7 Å². The van der Waals surface area contributed by atoms with E-state index in [1.165, 1.54) is 0 Å². The van der Waals surface area contributed by atoms with Crippen LogP contribution >= 0.6 is 0 Å². The molecule has 2 aromatic rings. The number of esters is 1. The lowest BCUT2D eigenvalue weighted by atomic mass is 10.2. The first-order chi connectivity index (χ1) is 10.6. The van der Waals surface area contributed by atoms with Crippen molar-refractivity contribution in [2.24, 2.45) is 0 Å². The predicted octanol–water partition coefficient (Wildman–Crippen LogP) is 3.10. The number of hydrogen-bond donors (Lipinski definition) is 1. The molecular weight excluding hydrogens is 282 g/mol. The van der Waals surface area contributed by atoms with Gasteiger partial charge >= 0.3 is 5.97 Å². The third-order valence-electron chi connectivity index (χ3n) is 3.13. The van der Waals surface area contributed by atoms with Crippen molar-refractivity contribution < 1.29 is 13.9 Å². The van der Waals surface area contributed by atoms with Crippen LogP contribution in [0.4, 0.5) is 5.82 Å². The zero-order chi connectivity index (χ0) is 15.9. The maximum Gasteiger partial charge on any atom is 0.335 e. The Labute approximate surface area is 129 Å². The molecule has 2 heterocycles. The number of furan rings is 1. The fraction of sp³-hybridized carbons (Fsp3) is 0.375. The molecule has 0 saturated carbocycles. The van der Waals surface area contributed by atoms with E-state index in [9.17, 15) is 4.79 Å². The van der Waals surface area contributed by atoms with Crippen LogP contribution in [0.1, 0.15) is 31.5 Å². The molecule has 2 rings (SSSR count). The van der Waals surface area contributed by atoms with Gasteiger partial charge in [-0.2, -0.15) is 5.10 Å². The number of nitrogens with one attached hydrogen (secondary N) is 1. The van der Waals surface area contributed by atoms with Crippen molar-refractivity contribution in [2.45, 2.75) is 33.7 Å². The summed E-state index contributed by atoms with van der Waals surface area (Å²) < 4.78 is 11.9. The summed E-state index contributed by atoms with van der Waals surface area (Å²) in [6.07, 6.45) is 5.60. The van der Waals surface area contributed by atoms with Crippen molar-refractivity contribution in [3.8, 4) is 0 Å². The molecule has 0 aliphatic rings. The highest BCUT2D eigenvalue weighted by Crippen LogP contribution is 2.14. The molecule has 6 nitrogen and oxygen atoms in total. The normalized spacial score (nSPS) is 11.5. The van der Waals surface area contributed by atoms with E-state index >= 15 is 0 Å². The molecule has 0 saturated heterocycles. The van der Waals surface area contributed by atoms with Crippen LogP contribution in [-0.4, -0.2) is 22.4 Å². The van der Waals surface area contributed by atoms with Crippen molar-refractivity contribution in [3.05, 3.63) is 47.7 Å². The van der Waals surface area contributed by atoms with Crippen LogP contribution < -0.4 is 5.32 Å². The first kappa shape index (κ1) is 15.9. The van der Waals surface area contributed by atoms with Crippen LogP contribution in [-0.2, 0) is 16.1 Å². The second-order valence-electron chi connectivity index (χ2n) is 4.85. The van der Waals surface area contributed by atoms with Gasteiger partial charge in [0.2, 0.25) is 0 Å². The van der Waals surface area contributed by atoms with Crippen molar-refractivity contribution in [1.82, 2.24) is 9.78 Å². The fourth-order valence-electron chi connectivity index (χ4n) is 2.03. The average molecular weight is 303 g/mol. The number of ether oxygens (including phenoxy) is 1. The Morgan fingerprint density at radius 2 is 2.32 bits per heavy atom. The minimum absolute atomic E-state index is 0.296. The van der Waals surface area contributed by atoms with Crippen molar-refractivity contribution >= 4 is 11.8 Å². The fourth-order valence-corrected chi connectivity index (χ4v) is 2.03. The predicted molar refractivity (Wildman–Crippen MR) is 83.4 cm³/mol. The summed E-state index contributed by atoms with van der Waals surface area (Å²) in [7, 11) is 0. The third kappa shape index (κ3) is 4.00. The Bertz CT molecular complexity index is 642. The summed E-state index contributed by atoms with van der Waals surface area (Å²) in [5, 5.41) is 7.58. The van der Waals surface area contributed by atoms with Gasteiger partial charge in [0.15, 0.2) is 0 Å². The van der Waals surface area contributed by atoms with Gasteiger partial charge in [0.05, 0.1) is 36.9 Å². The molecule has 0 aromatic carbocycles. The lowest BCUT2D eigenvalue weighted by Gasteiger charge is -2.08. The van der Waals surface area contributed by atoms with E-state index < -0.39 is 0 Å². The topological polar surface area (TPSA) is 69.3 Å². The largest absolute Gasteiger partial charge is 0.472 e. The second kappa shape index (κ2) is 7.49. The quantitative estimate of drug-likeness (QED) is 0.628. The first-order valence-electron chi connectivity index (χ1n) is 7.32. The van der Waals surface area contributed by atoms with Crippen molar-refractivity contribution in [3.63, 3.8) is 0 Å². The molecule has 118 valence electrons. The molecule has 0 spiro atoms. The molecule has 0 fully saturated rings. The first-order valence-corrected chi connectivity index (χ1v) is 7.32. The summed E-state index contributed by atoms with van der Waals surface area (Å²) in [6, 6.07) is 3.82. The molecule has 0 atom stereocenters. The summed E-state index contributed by atoms with van der Waals surface area (Å²) in [5.41, 5.74) is 2.51. The number of anilines is 1. The van der Waals surface area contributed by atoms with Crippen LogP contribution in [0.2, 0.25) is 0 Å². The minimum atomic E-state index is -0.296. The highest BCUT2D eigenvalue weighted by Gasteiger charge is 2.10. The molecule has 2 aromatic heterocycles. The number of hydrogen-bond acceptors (Lipinski definition) is 5. The van der Waals surface area contributed by atoms with Gasteiger partial charge in [0.25, 0.3) is 0 Å². The minimum Gasteiger partial charge on any atom is -0.472 e. The maximum atomic E-state index is 11.8. The molecule has 0 aliphatic heterocycles. The summed E-state index contributed by atoms with van der Waals surface area (Å²) in [4.78, 5) is 11.8. The molecule has 6 heteroatoms. The van der Waals surface area contributed by atoms with Crippen LogP contribution in [0.15, 0.2) is 40.8 Å². The number of rotatable bonds is 7. The van der Waals surface area contributed by atoms with E-state index in [0.717, 1.165) is 17.1 Å². The van der Waals surface area contributed by atoms with Gasteiger partial charge in [-0.15, -0.1) is 0 Å². The monoisotopic (exact) mass is 303 g/mol. The number of aromatic nitrogens is 2. The summed E-state index contributed by atoms with van der Waals surface area (Å²) in [5.74, 6) is 0.518. The molecular formula is C16H21N3O3. The Hall–Kier alpha value is -2.50. The van der Waals surface area contributed by atoms with E-state index in [2.05, 4.69) is 10.4 Å². The third-order valence-corrected chi connectivity index (χ3v) is 3.13. The lowest BCUT2D eigenvalue weighted by Crippen LogP contribution is -2.10. The van der Waals surface area contributed by atoms with Gasteiger partial charge in [-0.05, 0) is 26.3 Å². The smallest absolute Gasteiger partial charge is 0.335 e. The lowest BCUT2D eigenvalue weighted by molar-refractivity contribution is -0.138. The summed E-state index contributed by atoms with van der Waals surface area (Å²) >= 11 is 0. The SMILES string of the molecule is CCOC(=O)/C(=C\Nc1cc(C)nn1Cc1ccoc1)CC. The molecule has 1 N–H and O–H groups in total. The molecule has 0 amide bonds. The number of aryl methyl sites for hydroxylation is 1. The highest BCUT2D eigenvalue weighted by atomic mass is 16.5. The molecule has 22 heavy (non-hydrogen) atoms. The summed E-state index contributed by atoms with van der Waals surface area (Å²) in [6.45, 7) is 6.60. The molecule has 0 unspecified atom stereocenters. The van der Waals surface area contributed by atoms with Gasteiger partial charge < -0.3 is 14.5 Å². The second-order valence-corrected chi connectivity index (χ2v) is 4.85. The zero-order valence-electron chi connectivity index (χ0n) is 13.1. The van der Waals surface area contributed by atoms with E-state index in [-0.39, 0.29) is 5.97 Å². The van der Waals surface area contributed by atoms with E-state index in [0.29, 0.717) is 25.1 Å². The molecule has 0 radical (unpaired) electrons. The van der Waals surface area contributed by atoms with Crippen LogP contribution in [0, 0.1) is 6.92 Å². The van der Waals surface area contributed by atoms with E-state index in [1.54, 1.807) is 25.7 Å². The van der Waals surface area contributed by atoms with Crippen LogP contribution in [0.5, 0.6) is 0 Å². The van der Waals surface area contributed by atoms with Gasteiger partial charge in [-0.3, -0.25) is 0 Å². The Balaban J connectivity index is 2.13. The Morgan fingerprint density at radius 3 is 2.95 bits per heavy atom. The van der Waals surface area contributed by atoms with E-state index in [4.69, 9.17) is 9.15 Å². The standard InChI is InChI=1S/C16H21N3O3/c1-4-14(16(20)22-5-2)9-17-15-8-12(3)18-19(15)10-13-6-7-21-11-13/h6-9,11,17H,4-5,10H2,1-3H3/b14-9-. The van der Waals surface area contributed by atoms with Crippen molar-refractivity contribution in [2.75, 3.05) is 11.9 Å². The van der Waals surface area contributed by atoms with Crippen LogP contribution in [0.25, 0.3) is 0 Å². The Kier molecular flexibility index (Phi) is 5.41. The van der Waals surface area contributed by atoms with Crippen LogP contribution in [0.3, 0.4) is 0 Å². The maximum absolute atomic E-state index is 11.8. The number of carbonyl (C=O) groups excluding carboxylic acids is 1. The molecule has 0 bridgehead atoms. The molecule has 0 aliphatic carbocycles. The number of nitrogens with zero attached hydrogens (tertiary/aromatic N) is 2. The zero-order valence-corrected chi connectivity index (χ0v) is 13.1. The van der Waals surface area contributed by atoms with Gasteiger partial charge in [0.1, 0.15) is 5.82 Å². The number of carbonyl (C=O) groups is 1. The van der Waals surface area contributed by atoms with Crippen molar-refractivity contribution in [1.29, 1.82) is 0 Å². The van der Waals surface area contributed by atoms with Gasteiger partial charge in [-0.1, -0.05) is 6.92 Å². The average Bonchev–Trinajstić information content (AvgIpc) is 3.10.